The minimum Gasteiger partial charge on any atom is -0.0651 e. The van der Waals surface area contributed by atoms with E-state index in [1.807, 2.05) is 0 Å². The molecule has 0 heteroatoms. The van der Waals surface area contributed by atoms with Crippen molar-refractivity contribution in [2.75, 3.05) is 0 Å². The van der Waals surface area contributed by atoms with Crippen molar-refractivity contribution in [2.24, 2.45) is 29.6 Å². The van der Waals surface area contributed by atoms with E-state index in [9.17, 15) is 0 Å². The van der Waals surface area contributed by atoms with Crippen LogP contribution in [-0.2, 0) is 0 Å². The minimum atomic E-state index is 0.919. The largest absolute Gasteiger partial charge is 0.0651 e. The standard InChI is InChI=1S/C14H28/c1-6-10(2)9-12(4)13(5)14-8-7-11(14)3/h10-14H,6-9H2,1-5H3. The second-order valence-corrected chi connectivity index (χ2v) is 5.80. The summed E-state index contributed by atoms with van der Waals surface area (Å²) >= 11 is 0. The molecule has 5 atom stereocenters. The molecular formula is C14H28. The lowest BCUT2D eigenvalue weighted by Crippen LogP contribution is -2.32. The molecular weight excluding hydrogens is 168 g/mol. The van der Waals surface area contributed by atoms with Gasteiger partial charge in [-0.25, -0.2) is 0 Å². The summed E-state index contributed by atoms with van der Waals surface area (Å²) in [5.74, 6) is 4.84. The topological polar surface area (TPSA) is 0 Å². The van der Waals surface area contributed by atoms with Crippen LogP contribution >= 0.6 is 0 Å². The highest BCUT2D eigenvalue weighted by atomic mass is 14.4. The molecule has 1 saturated carbocycles. The Kier molecular flexibility index (Phi) is 4.47. The molecule has 14 heavy (non-hydrogen) atoms. The lowest BCUT2D eigenvalue weighted by Gasteiger charge is -2.41. The monoisotopic (exact) mass is 196 g/mol. The lowest BCUT2D eigenvalue weighted by molar-refractivity contribution is 0.0861. The Morgan fingerprint density at radius 2 is 1.79 bits per heavy atom. The third kappa shape index (κ3) is 2.74. The van der Waals surface area contributed by atoms with Crippen molar-refractivity contribution in [3.8, 4) is 0 Å². The Hall–Kier alpha value is 0. The van der Waals surface area contributed by atoms with Crippen LogP contribution in [0.25, 0.3) is 0 Å². The zero-order valence-corrected chi connectivity index (χ0v) is 10.7. The van der Waals surface area contributed by atoms with Gasteiger partial charge in [0.15, 0.2) is 0 Å². The molecule has 0 aromatic rings. The quantitative estimate of drug-likeness (QED) is 0.595. The van der Waals surface area contributed by atoms with E-state index in [2.05, 4.69) is 34.6 Å². The van der Waals surface area contributed by atoms with Crippen LogP contribution in [0.4, 0.5) is 0 Å². The Labute approximate surface area is 90.5 Å². The molecule has 0 spiro atoms. The van der Waals surface area contributed by atoms with E-state index in [0.717, 1.165) is 29.6 Å². The van der Waals surface area contributed by atoms with E-state index in [1.54, 1.807) is 0 Å². The van der Waals surface area contributed by atoms with E-state index in [0.29, 0.717) is 0 Å². The Morgan fingerprint density at radius 3 is 2.14 bits per heavy atom. The molecule has 1 rings (SSSR count). The minimum absolute atomic E-state index is 0.919. The molecule has 1 fully saturated rings. The maximum atomic E-state index is 2.48. The average Bonchev–Trinajstić information content (AvgIpc) is 2.15. The molecule has 0 aromatic carbocycles. The molecule has 0 saturated heterocycles. The van der Waals surface area contributed by atoms with Gasteiger partial charge in [0.25, 0.3) is 0 Å². The van der Waals surface area contributed by atoms with Crippen LogP contribution in [0.1, 0.15) is 60.3 Å². The van der Waals surface area contributed by atoms with E-state index in [1.165, 1.54) is 25.7 Å². The van der Waals surface area contributed by atoms with Gasteiger partial charge < -0.3 is 0 Å². The SMILES string of the molecule is CCC(C)CC(C)C(C)C1CCC1C. The van der Waals surface area contributed by atoms with Crippen molar-refractivity contribution < 1.29 is 0 Å². The summed E-state index contributed by atoms with van der Waals surface area (Å²) in [7, 11) is 0. The third-order valence-corrected chi connectivity index (χ3v) is 4.73. The number of hydrogen-bond donors (Lipinski definition) is 0. The van der Waals surface area contributed by atoms with Gasteiger partial charge in [-0.1, -0.05) is 47.5 Å². The Morgan fingerprint density at radius 1 is 1.14 bits per heavy atom. The third-order valence-electron chi connectivity index (χ3n) is 4.73. The Balaban J connectivity index is 2.32. The molecule has 0 amide bonds. The molecule has 0 heterocycles. The van der Waals surface area contributed by atoms with Crippen molar-refractivity contribution in [3.05, 3.63) is 0 Å². The van der Waals surface area contributed by atoms with Crippen LogP contribution in [0.3, 0.4) is 0 Å². The van der Waals surface area contributed by atoms with Crippen LogP contribution in [0.15, 0.2) is 0 Å². The van der Waals surface area contributed by atoms with E-state index in [4.69, 9.17) is 0 Å². The van der Waals surface area contributed by atoms with Crippen molar-refractivity contribution >= 4 is 0 Å². The average molecular weight is 196 g/mol. The van der Waals surface area contributed by atoms with Gasteiger partial charge in [-0.05, 0) is 42.4 Å². The second-order valence-electron chi connectivity index (χ2n) is 5.80. The molecule has 5 unspecified atom stereocenters. The molecule has 0 N–H and O–H groups in total. The first-order chi connectivity index (χ1) is 6.56. The fraction of sp³-hybridized carbons (Fsp3) is 1.00. The molecule has 0 nitrogen and oxygen atoms in total. The van der Waals surface area contributed by atoms with Gasteiger partial charge in [-0.3, -0.25) is 0 Å². The first kappa shape index (κ1) is 12.1. The van der Waals surface area contributed by atoms with Crippen LogP contribution in [0, 0.1) is 29.6 Å². The smallest absolute Gasteiger partial charge is 0.0360 e. The molecule has 0 radical (unpaired) electrons. The van der Waals surface area contributed by atoms with Gasteiger partial charge in [0, 0.05) is 0 Å². The van der Waals surface area contributed by atoms with Crippen molar-refractivity contribution in [1.82, 2.24) is 0 Å². The predicted octanol–water partition coefficient (Wildman–Crippen LogP) is 4.74. The summed E-state index contributed by atoms with van der Waals surface area (Å²) in [5.41, 5.74) is 0. The van der Waals surface area contributed by atoms with Crippen molar-refractivity contribution in [1.29, 1.82) is 0 Å². The molecule has 1 aliphatic rings. The molecule has 0 bridgehead atoms. The highest BCUT2D eigenvalue weighted by Gasteiger charge is 2.33. The van der Waals surface area contributed by atoms with Crippen molar-refractivity contribution in [2.45, 2.75) is 60.3 Å². The van der Waals surface area contributed by atoms with Crippen LogP contribution in [-0.4, -0.2) is 0 Å². The van der Waals surface area contributed by atoms with Crippen molar-refractivity contribution in [3.63, 3.8) is 0 Å². The van der Waals surface area contributed by atoms with Crippen LogP contribution in [0.5, 0.6) is 0 Å². The lowest BCUT2D eigenvalue weighted by atomic mass is 9.64. The Bertz CT molecular complexity index is 161. The molecule has 0 aliphatic heterocycles. The summed E-state index contributed by atoms with van der Waals surface area (Å²) in [5, 5.41) is 0. The van der Waals surface area contributed by atoms with Gasteiger partial charge in [-0.15, -0.1) is 0 Å². The predicted molar refractivity (Wildman–Crippen MR) is 64.3 cm³/mol. The summed E-state index contributed by atoms with van der Waals surface area (Å²) in [4.78, 5) is 0. The van der Waals surface area contributed by atoms with Gasteiger partial charge >= 0.3 is 0 Å². The summed E-state index contributed by atoms with van der Waals surface area (Å²) in [6, 6.07) is 0. The maximum absolute atomic E-state index is 2.48. The first-order valence-corrected chi connectivity index (χ1v) is 6.56. The normalized spacial score (nSPS) is 33.2. The molecule has 0 aromatic heterocycles. The van der Waals surface area contributed by atoms with E-state index >= 15 is 0 Å². The fourth-order valence-corrected chi connectivity index (χ4v) is 2.91. The summed E-state index contributed by atoms with van der Waals surface area (Å²) < 4.78 is 0. The van der Waals surface area contributed by atoms with Crippen LogP contribution in [0.2, 0.25) is 0 Å². The zero-order chi connectivity index (χ0) is 10.7. The van der Waals surface area contributed by atoms with Gasteiger partial charge in [0.2, 0.25) is 0 Å². The summed E-state index contributed by atoms with van der Waals surface area (Å²) in [6.07, 6.45) is 5.75. The second kappa shape index (κ2) is 5.19. The number of rotatable bonds is 5. The summed E-state index contributed by atoms with van der Waals surface area (Å²) in [6.45, 7) is 12.1. The highest BCUT2D eigenvalue weighted by molar-refractivity contribution is 4.83. The molecule has 84 valence electrons. The van der Waals surface area contributed by atoms with Gasteiger partial charge in [0.05, 0.1) is 0 Å². The highest BCUT2D eigenvalue weighted by Crippen LogP contribution is 2.43. The van der Waals surface area contributed by atoms with Gasteiger partial charge in [-0.2, -0.15) is 0 Å². The van der Waals surface area contributed by atoms with E-state index < -0.39 is 0 Å². The van der Waals surface area contributed by atoms with E-state index in [-0.39, 0.29) is 0 Å². The number of hydrogen-bond acceptors (Lipinski definition) is 0. The zero-order valence-electron chi connectivity index (χ0n) is 10.7. The maximum Gasteiger partial charge on any atom is -0.0360 e. The van der Waals surface area contributed by atoms with Crippen LogP contribution < -0.4 is 0 Å². The fourth-order valence-electron chi connectivity index (χ4n) is 2.91. The first-order valence-electron chi connectivity index (χ1n) is 6.56. The van der Waals surface area contributed by atoms with Gasteiger partial charge in [0.1, 0.15) is 0 Å². The molecule has 1 aliphatic carbocycles.